The molecule has 0 saturated heterocycles. The summed E-state index contributed by atoms with van der Waals surface area (Å²) in [6.45, 7) is 54.0. The van der Waals surface area contributed by atoms with Crippen molar-refractivity contribution in [2.24, 2.45) is 0 Å². The van der Waals surface area contributed by atoms with Crippen LogP contribution in [-0.4, -0.2) is 0 Å². The molecule has 0 aliphatic heterocycles. The predicted molar refractivity (Wildman–Crippen MR) is 47.2 cm³/mol. The van der Waals surface area contributed by atoms with Crippen LogP contribution in [0.15, 0.2) is 0 Å². The van der Waals surface area contributed by atoms with E-state index in [0.717, 1.165) is 0 Å². The Bertz CT molecular complexity index is 224. The summed E-state index contributed by atoms with van der Waals surface area (Å²) in [5, 5.41) is 0. The SMILES string of the molecule is [C-]#[O+].[C-]#[O+].[C-]#[O+].[C-]#[O+].[C-]#[O+].[C-]#[O+].[C-]#[O+].[C-]#[O+].[C-]#[O+].[C-]#[O+].[C-]#[O+].[C-]#[O+].[Os+4].[Os+4].[Os+4]. The van der Waals surface area contributed by atoms with Gasteiger partial charge in [0.05, 0.1) is 0 Å². The molecule has 0 bridgehead atoms. The van der Waals surface area contributed by atoms with E-state index in [4.69, 9.17) is 55.8 Å². The zero-order chi connectivity index (χ0) is 24.0. The molecule has 0 unspecified atom stereocenters. The molecule has 0 spiro atoms. The monoisotopic (exact) mass is 912 g/mol. The third-order valence-corrected chi connectivity index (χ3v) is 0. The summed E-state index contributed by atoms with van der Waals surface area (Å²) in [7, 11) is 0. The normalized spacial score (nSPS) is 0.889. The summed E-state index contributed by atoms with van der Waals surface area (Å²) in [5.74, 6) is 0. The molecule has 132 valence electrons. The Morgan fingerprint density at radius 2 is 0.148 bits per heavy atom. The molecule has 0 aliphatic carbocycles. The first-order valence-electron chi connectivity index (χ1n) is 2.45. The van der Waals surface area contributed by atoms with E-state index in [0.29, 0.717) is 0 Å². The van der Waals surface area contributed by atoms with Crippen LogP contribution in [0.5, 0.6) is 0 Å². The fraction of sp³-hybridized carbons (Fsp3) is 0. The Hall–Kier alpha value is -1.21. The van der Waals surface area contributed by atoms with Crippen LogP contribution in [0, 0.1) is 79.8 Å². The fourth-order valence-electron chi connectivity index (χ4n) is 0. The molecule has 0 rings (SSSR count). The second-order valence-corrected chi connectivity index (χ2v) is 0. The van der Waals surface area contributed by atoms with E-state index >= 15 is 0 Å². The second kappa shape index (κ2) is 9570. The largest absolute Gasteiger partial charge is 4.00 e. The van der Waals surface area contributed by atoms with Gasteiger partial charge in [-0.15, -0.1) is 0 Å². The van der Waals surface area contributed by atoms with Crippen molar-refractivity contribution in [2.45, 2.75) is 0 Å². The van der Waals surface area contributed by atoms with Crippen molar-refractivity contribution in [3.63, 3.8) is 0 Å². The summed E-state index contributed by atoms with van der Waals surface area (Å²) >= 11 is 0. The van der Waals surface area contributed by atoms with Gasteiger partial charge in [0.15, 0.2) is 0 Å². The number of hydrogen-bond acceptors (Lipinski definition) is 0. The first-order valence-corrected chi connectivity index (χ1v) is 2.45. The minimum atomic E-state index is 0. The van der Waals surface area contributed by atoms with Gasteiger partial charge in [0.25, 0.3) is 0 Å². The Morgan fingerprint density at radius 1 is 0.148 bits per heavy atom. The van der Waals surface area contributed by atoms with Crippen molar-refractivity contribution in [1.29, 1.82) is 0 Å². The van der Waals surface area contributed by atoms with Gasteiger partial charge in [-0.2, -0.15) is 0 Å². The van der Waals surface area contributed by atoms with Crippen LogP contribution in [0.4, 0.5) is 0 Å². The van der Waals surface area contributed by atoms with Crippen LogP contribution >= 0.6 is 0 Å². The van der Waals surface area contributed by atoms with Crippen molar-refractivity contribution in [3.8, 4) is 0 Å². The molecule has 0 amide bonds. The zero-order valence-electron chi connectivity index (χ0n) is 12.0. The van der Waals surface area contributed by atoms with E-state index in [9.17, 15) is 0 Å². The zero-order valence-corrected chi connectivity index (χ0v) is 19.6. The maximum absolute atomic E-state index is 7.50. The first-order chi connectivity index (χ1) is 12.0. The Labute approximate surface area is 194 Å². The average Bonchev–Trinajstić information content (AvgIpc) is 2.84. The molecule has 0 saturated carbocycles. The van der Waals surface area contributed by atoms with E-state index in [1.54, 1.807) is 0 Å². The summed E-state index contributed by atoms with van der Waals surface area (Å²) in [6.07, 6.45) is 0. The molecule has 15 heteroatoms. The molecular formula is C12O12Os3+12. The van der Waals surface area contributed by atoms with Gasteiger partial charge in [-0.3, -0.25) is 0 Å². The van der Waals surface area contributed by atoms with Crippen LogP contribution in [0.3, 0.4) is 0 Å². The standard InChI is InChI=1S/12CO.3Os/c12*1-2;;;/q;;;;;;;;;;;;3*+4. The van der Waals surface area contributed by atoms with Gasteiger partial charge < -0.3 is 0 Å². The van der Waals surface area contributed by atoms with E-state index < -0.39 is 0 Å². The van der Waals surface area contributed by atoms with E-state index in [1.807, 2.05) is 0 Å². The fourth-order valence-corrected chi connectivity index (χ4v) is 0. The summed E-state index contributed by atoms with van der Waals surface area (Å²) in [5.41, 5.74) is 0. The topological polar surface area (TPSA) is 239 Å². The number of rotatable bonds is 0. The second-order valence-electron chi connectivity index (χ2n) is 0. The molecule has 0 radical (unpaired) electrons. The van der Waals surface area contributed by atoms with Crippen LogP contribution in [0.25, 0.3) is 0 Å². The van der Waals surface area contributed by atoms with Crippen molar-refractivity contribution in [2.75, 3.05) is 0 Å². The number of hydrogen-bond donors (Lipinski definition) is 0. The Balaban J connectivity index is -0.00000000443. The minimum absolute atomic E-state index is 0. The molecule has 0 heterocycles. The molecule has 0 N–H and O–H groups in total. The van der Waals surface area contributed by atoms with Gasteiger partial charge in [-0.05, 0) is 0 Å². The Morgan fingerprint density at radius 3 is 0.148 bits per heavy atom. The third-order valence-electron chi connectivity index (χ3n) is 0. The van der Waals surface area contributed by atoms with Gasteiger partial charge in [0, 0.05) is 0 Å². The minimum Gasteiger partial charge on any atom is 4.00 e. The van der Waals surface area contributed by atoms with Crippen molar-refractivity contribution >= 4 is 0 Å². The van der Waals surface area contributed by atoms with Gasteiger partial charge in [0.2, 0.25) is 0 Å². The average molecular weight is 907 g/mol. The molecule has 0 fully saturated rings. The molecule has 0 aliphatic rings. The molecule has 0 aromatic heterocycles. The van der Waals surface area contributed by atoms with Gasteiger partial charge in [-0.1, -0.05) is 0 Å². The predicted octanol–water partition coefficient (Wildman–Crippen LogP) is -0.458. The van der Waals surface area contributed by atoms with Crippen molar-refractivity contribution in [3.05, 3.63) is 79.8 Å². The van der Waals surface area contributed by atoms with E-state index in [-0.39, 0.29) is 59.4 Å². The van der Waals surface area contributed by atoms with Crippen LogP contribution < -0.4 is 0 Å². The summed E-state index contributed by atoms with van der Waals surface area (Å²) < 4.78 is 90.0. The smallest absolute Gasteiger partial charge is 4.00 e. The summed E-state index contributed by atoms with van der Waals surface area (Å²) in [4.78, 5) is 0. The van der Waals surface area contributed by atoms with E-state index in [2.05, 4.69) is 79.8 Å². The van der Waals surface area contributed by atoms with Gasteiger partial charge in [-0.25, -0.2) is 0 Å². The maximum Gasteiger partial charge on any atom is 4.00 e. The molecule has 0 atom stereocenters. The van der Waals surface area contributed by atoms with Crippen molar-refractivity contribution in [1.82, 2.24) is 0 Å². The van der Waals surface area contributed by atoms with Gasteiger partial charge >= 0.3 is 195 Å². The molecule has 0 aromatic rings. The van der Waals surface area contributed by atoms with Crippen LogP contribution in [0.2, 0.25) is 0 Å². The molecule has 27 heavy (non-hydrogen) atoms. The molecule has 12 nitrogen and oxygen atoms in total. The van der Waals surface area contributed by atoms with Crippen LogP contribution in [0.1, 0.15) is 0 Å². The maximum atomic E-state index is 7.50. The third kappa shape index (κ3) is 8780. The van der Waals surface area contributed by atoms with Gasteiger partial charge in [0.1, 0.15) is 0 Å². The van der Waals surface area contributed by atoms with Crippen LogP contribution in [-0.2, 0) is 115 Å². The van der Waals surface area contributed by atoms with E-state index in [1.165, 1.54) is 0 Å². The van der Waals surface area contributed by atoms with Crippen molar-refractivity contribution < 1.29 is 115 Å². The first kappa shape index (κ1) is 136. The summed E-state index contributed by atoms with van der Waals surface area (Å²) in [6, 6.07) is 0. The Kier molecular flexibility index (Phi) is 48200. The molecule has 0 aromatic carbocycles. The quantitative estimate of drug-likeness (QED) is 0.222. The molecular weight excluding hydrogens is 907 g/mol.